The van der Waals surface area contributed by atoms with E-state index in [1.807, 2.05) is 6.07 Å². The molecule has 1 aliphatic carbocycles. The van der Waals surface area contributed by atoms with Crippen LogP contribution in [0.3, 0.4) is 0 Å². The zero-order valence-electron chi connectivity index (χ0n) is 9.33. The van der Waals surface area contributed by atoms with E-state index in [1.54, 1.807) is 0 Å². The summed E-state index contributed by atoms with van der Waals surface area (Å²) < 4.78 is 11.6. The predicted molar refractivity (Wildman–Crippen MR) is 66.7 cm³/mol. The van der Waals surface area contributed by atoms with Crippen molar-refractivity contribution in [2.24, 2.45) is 5.73 Å². The van der Waals surface area contributed by atoms with E-state index in [-0.39, 0.29) is 11.3 Å². The molecular weight excluding hydrogens is 286 g/mol. The summed E-state index contributed by atoms with van der Waals surface area (Å²) in [5.74, 6) is 1.48. The molecule has 0 unspecified atom stereocenters. The van der Waals surface area contributed by atoms with Gasteiger partial charge in [-0.3, -0.25) is 0 Å². The molecule has 3 N–H and O–H groups in total. The lowest BCUT2D eigenvalue weighted by atomic mass is 10.0. The van der Waals surface area contributed by atoms with Crippen molar-refractivity contribution in [1.29, 1.82) is 0 Å². The molecule has 1 fully saturated rings. The Bertz CT molecular complexity index is 471. The summed E-state index contributed by atoms with van der Waals surface area (Å²) in [7, 11) is 0. The van der Waals surface area contributed by atoms with Gasteiger partial charge in [-0.1, -0.05) is 0 Å². The first kappa shape index (κ1) is 11.2. The van der Waals surface area contributed by atoms with Crippen LogP contribution in [0.25, 0.3) is 0 Å². The summed E-state index contributed by atoms with van der Waals surface area (Å²) in [5, 5.41) is 10.1. The highest BCUT2D eigenvalue weighted by atomic mass is 79.9. The molecule has 0 aromatic heterocycles. The van der Waals surface area contributed by atoms with Crippen LogP contribution in [0.15, 0.2) is 10.5 Å². The fourth-order valence-corrected chi connectivity index (χ4v) is 2.60. The third kappa shape index (κ3) is 1.98. The number of halogens is 1. The number of phenols is 1. The van der Waals surface area contributed by atoms with Crippen LogP contribution < -0.4 is 15.2 Å². The standard InChI is InChI=1S/C12H14BrNO3/c13-9-10(15)7(6-12(14)1-2-12)5-8-11(9)17-4-3-16-8/h5,15H,1-4,6,14H2. The average molecular weight is 300 g/mol. The molecular formula is C12H14BrNO3. The van der Waals surface area contributed by atoms with Crippen molar-refractivity contribution >= 4 is 15.9 Å². The lowest BCUT2D eigenvalue weighted by Gasteiger charge is -2.22. The lowest BCUT2D eigenvalue weighted by molar-refractivity contribution is 0.169. The van der Waals surface area contributed by atoms with Crippen LogP contribution in [0, 0.1) is 0 Å². The number of hydrogen-bond donors (Lipinski definition) is 2. The Morgan fingerprint density at radius 3 is 2.76 bits per heavy atom. The van der Waals surface area contributed by atoms with Crippen molar-refractivity contribution in [2.75, 3.05) is 13.2 Å². The van der Waals surface area contributed by atoms with Crippen molar-refractivity contribution in [1.82, 2.24) is 0 Å². The van der Waals surface area contributed by atoms with E-state index in [2.05, 4.69) is 15.9 Å². The van der Waals surface area contributed by atoms with E-state index in [9.17, 15) is 5.11 Å². The van der Waals surface area contributed by atoms with Crippen molar-refractivity contribution in [3.05, 3.63) is 16.1 Å². The summed E-state index contributed by atoms with van der Waals surface area (Å²) >= 11 is 3.35. The number of aromatic hydroxyl groups is 1. The van der Waals surface area contributed by atoms with Crippen LogP contribution in [-0.2, 0) is 6.42 Å². The first-order valence-corrected chi connectivity index (χ1v) is 6.47. The SMILES string of the molecule is NC1(Cc2cc3c(c(Br)c2O)OCCO3)CC1. The van der Waals surface area contributed by atoms with Gasteiger partial charge in [-0.15, -0.1) is 0 Å². The van der Waals surface area contributed by atoms with Crippen molar-refractivity contribution < 1.29 is 14.6 Å². The molecule has 17 heavy (non-hydrogen) atoms. The molecule has 0 amide bonds. The molecule has 1 saturated carbocycles. The Balaban J connectivity index is 2.01. The number of hydrogen-bond acceptors (Lipinski definition) is 4. The van der Waals surface area contributed by atoms with Crippen LogP contribution in [0.4, 0.5) is 0 Å². The van der Waals surface area contributed by atoms with Gasteiger partial charge in [0, 0.05) is 11.1 Å². The molecule has 1 aromatic carbocycles. The molecule has 0 spiro atoms. The number of fused-ring (bicyclic) bond motifs is 1. The van der Waals surface area contributed by atoms with Crippen LogP contribution in [-0.4, -0.2) is 23.9 Å². The molecule has 2 aliphatic rings. The van der Waals surface area contributed by atoms with Crippen LogP contribution in [0.2, 0.25) is 0 Å². The fourth-order valence-electron chi connectivity index (χ4n) is 2.04. The predicted octanol–water partition coefficient (Wildman–Crippen LogP) is 1.96. The van der Waals surface area contributed by atoms with Crippen molar-refractivity contribution in [3.8, 4) is 17.2 Å². The van der Waals surface area contributed by atoms with Gasteiger partial charge in [0.2, 0.25) is 0 Å². The van der Waals surface area contributed by atoms with Gasteiger partial charge in [0.1, 0.15) is 23.4 Å². The minimum absolute atomic E-state index is 0.138. The van der Waals surface area contributed by atoms with Crippen LogP contribution in [0.5, 0.6) is 17.2 Å². The second kappa shape index (κ2) is 3.78. The number of ether oxygens (including phenoxy) is 2. The Morgan fingerprint density at radius 1 is 1.35 bits per heavy atom. The highest BCUT2D eigenvalue weighted by molar-refractivity contribution is 9.10. The Hall–Kier alpha value is -0.940. The number of phenolic OH excluding ortho intramolecular Hbond substituents is 1. The van der Waals surface area contributed by atoms with Crippen LogP contribution >= 0.6 is 15.9 Å². The summed E-state index contributed by atoms with van der Waals surface area (Å²) in [5.41, 5.74) is 6.76. The maximum atomic E-state index is 10.1. The van der Waals surface area contributed by atoms with E-state index in [1.165, 1.54) is 0 Å². The normalized spacial score (nSPS) is 20.1. The van der Waals surface area contributed by atoms with Gasteiger partial charge in [-0.2, -0.15) is 0 Å². The number of nitrogens with two attached hydrogens (primary N) is 1. The van der Waals surface area contributed by atoms with Crippen LogP contribution in [0.1, 0.15) is 18.4 Å². The summed E-state index contributed by atoms with van der Waals surface area (Å²) in [4.78, 5) is 0. The molecule has 3 rings (SSSR count). The molecule has 0 bridgehead atoms. The maximum Gasteiger partial charge on any atom is 0.179 e. The minimum Gasteiger partial charge on any atom is -0.506 e. The van der Waals surface area contributed by atoms with E-state index in [0.717, 1.165) is 18.4 Å². The first-order chi connectivity index (χ1) is 8.09. The molecule has 0 saturated heterocycles. The van der Waals surface area contributed by atoms with E-state index in [0.29, 0.717) is 35.6 Å². The Kier molecular flexibility index (Phi) is 2.48. The molecule has 1 aliphatic heterocycles. The number of benzene rings is 1. The second-order valence-corrected chi connectivity index (χ2v) is 5.55. The van der Waals surface area contributed by atoms with Gasteiger partial charge in [0.05, 0.1) is 0 Å². The van der Waals surface area contributed by atoms with E-state index >= 15 is 0 Å². The monoisotopic (exact) mass is 299 g/mol. The van der Waals surface area contributed by atoms with Gasteiger partial charge in [-0.05, 0) is 41.3 Å². The van der Waals surface area contributed by atoms with Gasteiger partial charge in [0.15, 0.2) is 11.5 Å². The van der Waals surface area contributed by atoms with Gasteiger partial charge in [0.25, 0.3) is 0 Å². The quantitative estimate of drug-likeness (QED) is 0.876. The molecule has 0 radical (unpaired) electrons. The molecule has 4 nitrogen and oxygen atoms in total. The first-order valence-electron chi connectivity index (χ1n) is 5.68. The van der Waals surface area contributed by atoms with E-state index in [4.69, 9.17) is 15.2 Å². The highest BCUT2D eigenvalue weighted by Crippen LogP contribution is 2.47. The summed E-state index contributed by atoms with van der Waals surface area (Å²) in [6.45, 7) is 1.04. The summed E-state index contributed by atoms with van der Waals surface area (Å²) in [6, 6.07) is 1.83. The Morgan fingerprint density at radius 2 is 2.06 bits per heavy atom. The van der Waals surface area contributed by atoms with E-state index < -0.39 is 0 Å². The lowest BCUT2D eigenvalue weighted by Crippen LogP contribution is -2.25. The summed E-state index contributed by atoms with van der Waals surface area (Å²) in [6.07, 6.45) is 2.70. The molecule has 0 atom stereocenters. The Labute approximate surface area is 108 Å². The maximum absolute atomic E-state index is 10.1. The fraction of sp³-hybridized carbons (Fsp3) is 0.500. The molecule has 5 heteroatoms. The number of rotatable bonds is 2. The van der Waals surface area contributed by atoms with Crippen molar-refractivity contribution in [3.63, 3.8) is 0 Å². The highest BCUT2D eigenvalue weighted by Gasteiger charge is 2.39. The molecule has 1 heterocycles. The van der Waals surface area contributed by atoms with Gasteiger partial charge < -0.3 is 20.3 Å². The van der Waals surface area contributed by atoms with Gasteiger partial charge in [-0.25, -0.2) is 0 Å². The molecule has 1 aromatic rings. The minimum atomic E-state index is -0.138. The third-order valence-electron chi connectivity index (χ3n) is 3.26. The average Bonchev–Trinajstić information content (AvgIpc) is 3.04. The third-order valence-corrected chi connectivity index (χ3v) is 4.00. The zero-order valence-corrected chi connectivity index (χ0v) is 10.9. The van der Waals surface area contributed by atoms with Crippen molar-refractivity contribution in [2.45, 2.75) is 24.8 Å². The topological polar surface area (TPSA) is 64.7 Å². The van der Waals surface area contributed by atoms with Gasteiger partial charge >= 0.3 is 0 Å². The largest absolute Gasteiger partial charge is 0.506 e. The second-order valence-electron chi connectivity index (χ2n) is 4.76. The zero-order chi connectivity index (χ0) is 12.0. The molecule has 92 valence electrons. The smallest absolute Gasteiger partial charge is 0.179 e.